The summed E-state index contributed by atoms with van der Waals surface area (Å²) in [6.45, 7) is 0.00572. The Labute approximate surface area is 143 Å². The highest BCUT2D eigenvalue weighted by molar-refractivity contribution is 5.70. The lowest BCUT2D eigenvalue weighted by Gasteiger charge is -2.25. The van der Waals surface area contributed by atoms with Gasteiger partial charge in [0.1, 0.15) is 6.04 Å². The number of nitrogens with two attached hydrogens (primary N) is 1. The monoisotopic (exact) mass is 345 g/mol. The van der Waals surface area contributed by atoms with E-state index < -0.39 is 17.9 Å². The van der Waals surface area contributed by atoms with Crippen LogP contribution in [-0.4, -0.2) is 44.6 Å². The minimum absolute atomic E-state index is 0.0323. The third-order valence-electron chi connectivity index (χ3n) is 3.80. The Morgan fingerprint density at radius 3 is 2.80 bits per heavy atom. The molecule has 0 spiro atoms. The summed E-state index contributed by atoms with van der Waals surface area (Å²) in [5, 5.41) is 9.84. The second-order valence-corrected chi connectivity index (χ2v) is 5.43. The molecule has 9 nitrogen and oxygen atoms in total. The predicted octanol–water partition coefficient (Wildman–Crippen LogP) is 0.425. The number of imidazole rings is 1. The number of aromatic nitrogens is 4. The lowest BCUT2D eigenvalue weighted by atomic mass is 10.2. The van der Waals surface area contributed by atoms with Crippen LogP contribution in [0.15, 0.2) is 41.5 Å². The number of hydrogen-bond acceptors (Lipinski definition) is 7. The number of aliphatic hydroxyl groups is 1. The summed E-state index contributed by atoms with van der Waals surface area (Å²) >= 11 is 0. The highest BCUT2D eigenvalue weighted by Gasteiger charge is 2.26. The van der Waals surface area contributed by atoms with Crippen molar-refractivity contribution >= 4 is 17.1 Å². The molecule has 2 atom stereocenters. The molecule has 2 aromatic heterocycles. The number of nitrogens with one attached hydrogen (secondary N) is 1. The van der Waals surface area contributed by atoms with E-state index in [4.69, 9.17) is 15.2 Å². The summed E-state index contributed by atoms with van der Waals surface area (Å²) in [5.74, 6) is -0.0323. The Kier molecular flexibility index (Phi) is 5.08. The molecule has 0 aliphatic carbocycles. The standard InChI is InChI=1S/C16H19N5O4/c1-24-15(25-8-10-5-3-2-4-6-10)11(7-22)21-9-18-12-13(21)19-16(17)20-14(12)23/h2-6,9,11,15,22H,7-8H2,1H3,(H3,17,19,20,23)/t11?,15-/m0/s1. The van der Waals surface area contributed by atoms with Crippen molar-refractivity contribution < 1.29 is 14.6 Å². The van der Waals surface area contributed by atoms with E-state index in [9.17, 15) is 9.90 Å². The second kappa shape index (κ2) is 7.43. The van der Waals surface area contributed by atoms with Gasteiger partial charge in [-0.2, -0.15) is 4.98 Å². The molecule has 0 bridgehead atoms. The molecule has 0 saturated heterocycles. The van der Waals surface area contributed by atoms with E-state index in [1.807, 2.05) is 30.3 Å². The topological polar surface area (TPSA) is 128 Å². The van der Waals surface area contributed by atoms with Gasteiger partial charge in [0, 0.05) is 7.11 Å². The largest absolute Gasteiger partial charge is 0.394 e. The van der Waals surface area contributed by atoms with Crippen LogP contribution in [0.2, 0.25) is 0 Å². The van der Waals surface area contributed by atoms with Gasteiger partial charge in [0.15, 0.2) is 17.5 Å². The third kappa shape index (κ3) is 3.53. The SMILES string of the molecule is CO[C@@H](OCc1ccccc1)C(CO)n1cnc2c(=O)[nH]c(N)nc21. The number of rotatable bonds is 7. The molecule has 0 saturated carbocycles. The molecule has 1 aromatic carbocycles. The second-order valence-electron chi connectivity index (χ2n) is 5.43. The highest BCUT2D eigenvalue weighted by Crippen LogP contribution is 2.21. The molecular formula is C16H19N5O4. The van der Waals surface area contributed by atoms with Crippen LogP contribution in [0.5, 0.6) is 0 Å². The van der Waals surface area contributed by atoms with E-state index in [-0.39, 0.29) is 23.7 Å². The van der Waals surface area contributed by atoms with E-state index >= 15 is 0 Å². The molecule has 3 rings (SSSR count). The minimum Gasteiger partial charge on any atom is -0.394 e. The minimum atomic E-state index is -0.773. The number of hydrogen-bond donors (Lipinski definition) is 3. The molecule has 0 radical (unpaired) electrons. The Bertz CT molecular complexity index is 892. The summed E-state index contributed by atoms with van der Waals surface area (Å²) in [7, 11) is 1.48. The fourth-order valence-electron chi connectivity index (χ4n) is 2.58. The van der Waals surface area contributed by atoms with Crippen LogP contribution in [0.25, 0.3) is 11.2 Å². The van der Waals surface area contributed by atoms with Gasteiger partial charge in [0.2, 0.25) is 5.95 Å². The van der Waals surface area contributed by atoms with Crippen LogP contribution in [0, 0.1) is 0 Å². The van der Waals surface area contributed by atoms with E-state index in [0.29, 0.717) is 6.61 Å². The van der Waals surface area contributed by atoms with Gasteiger partial charge in [0.05, 0.1) is 19.5 Å². The van der Waals surface area contributed by atoms with Crippen molar-refractivity contribution in [1.82, 2.24) is 19.5 Å². The normalized spacial score (nSPS) is 13.8. The quantitative estimate of drug-likeness (QED) is 0.529. The van der Waals surface area contributed by atoms with Crippen LogP contribution in [0.4, 0.5) is 5.95 Å². The van der Waals surface area contributed by atoms with E-state index in [1.54, 1.807) is 0 Å². The number of aliphatic hydroxyl groups excluding tert-OH is 1. The van der Waals surface area contributed by atoms with Crippen LogP contribution >= 0.6 is 0 Å². The number of nitrogen functional groups attached to an aromatic ring is 1. The van der Waals surface area contributed by atoms with Crippen molar-refractivity contribution in [2.75, 3.05) is 19.5 Å². The van der Waals surface area contributed by atoms with Crippen LogP contribution < -0.4 is 11.3 Å². The Hall–Kier alpha value is -2.75. The smallest absolute Gasteiger partial charge is 0.280 e. The summed E-state index contributed by atoms with van der Waals surface area (Å²) in [6, 6.07) is 8.94. The molecule has 3 aromatic rings. The van der Waals surface area contributed by atoms with Gasteiger partial charge < -0.3 is 24.9 Å². The molecule has 25 heavy (non-hydrogen) atoms. The van der Waals surface area contributed by atoms with Crippen molar-refractivity contribution in [2.45, 2.75) is 18.9 Å². The van der Waals surface area contributed by atoms with Gasteiger partial charge in [0.25, 0.3) is 5.56 Å². The maximum Gasteiger partial charge on any atom is 0.280 e. The zero-order valence-corrected chi connectivity index (χ0v) is 13.6. The first kappa shape index (κ1) is 17.1. The Balaban J connectivity index is 1.88. The first-order valence-electron chi connectivity index (χ1n) is 7.65. The van der Waals surface area contributed by atoms with Crippen molar-refractivity contribution in [2.24, 2.45) is 0 Å². The fourth-order valence-corrected chi connectivity index (χ4v) is 2.58. The van der Waals surface area contributed by atoms with Gasteiger partial charge in [-0.1, -0.05) is 30.3 Å². The van der Waals surface area contributed by atoms with E-state index in [1.165, 1.54) is 18.0 Å². The number of methoxy groups -OCH3 is 1. The molecule has 0 aliphatic heterocycles. The summed E-state index contributed by atoms with van der Waals surface area (Å²) < 4.78 is 12.7. The lowest BCUT2D eigenvalue weighted by molar-refractivity contribution is -0.164. The first-order valence-corrected chi connectivity index (χ1v) is 7.65. The van der Waals surface area contributed by atoms with Crippen LogP contribution in [0.1, 0.15) is 11.6 Å². The van der Waals surface area contributed by atoms with Crippen LogP contribution in [0.3, 0.4) is 0 Å². The lowest BCUT2D eigenvalue weighted by Crippen LogP contribution is -2.31. The molecule has 2 heterocycles. The summed E-state index contributed by atoms with van der Waals surface area (Å²) in [4.78, 5) is 22.4. The van der Waals surface area contributed by atoms with Crippen molar-refractivity contribution in [3.05, 3.63) is 52.6 Å². The number of benzene rings is 1. The molecule has 0 amide bonds. The van der Waals surface area contributed by atoms with E-state index in [0.717, 1.165) is 5.56 Å². The molecule has 0 fully saturated rings. The van der Waals surface area contributed by atoms with Crippen LogP contribution in [-0.2, 0) is 16.1 Å². The number of aromatic amines is 1. The predicted molar refractivity (Wildman–Crippen MR) is 90.7 cm³/mol. The summed E-state index contributed by atoms with van der Waals surface area (Å²) in [5.41, 5.74) is 6.51. The van der Waals surface area contributed by atoms with Gasteiger partial charge >= 0.3 is 0 Å². The number of nitrogens with zero attached hydrogens (tertiary/aromatic N) is 3. The van der Waals surface area contributed by atoms with Crippen molar-refractivity contribution in [3.8, 4) is 0 Å². The fraction of sp³-hybridized carbons (Fsp3) is 0.312. The van der Waals surface area contributed by atoms with Crippen molar-refractivity contribution in [1.29, 1.82) is 0 Å². The maximum atomic E-state index is 11.9. The molecular weight excluding hydrogens is 326 g/mol. The number of ether oxygens (including phenoxy) is 2. The first-order chi connectivity index (χ1) is 12.1. The van der Waals surface area contributed by atoms with E-state index in [2.05, 4.69) is 15.0 Å². The molecule has 0 aliphatic rings. The number of H-pyrrole nitrogens is 1. The average molecular weight is 345 g/mol. The van der Waals surface area contributed by atoms with Crippen molar-refractivity contribution in [3.63, 3.8) is 0 Å². The van der Waals surface area contributed by atoms with Gasteiger partial charge in [-0.3, -0.25) is 9.78 Å². The molecule has 132 valence electrons. The number of fused-ring (bicyclic) bond motifs is 1. The van der Waals surface area contributed by atoms with Gasteiger partial charge in [-0.15, -0.1) is 0 Å². The zero-order chi connectivity index (χ0) is 17.8. The zero-order valence-electron chi connectivity index (χ0n) is 13.6. The Morgan fingerprint density at radius 2 is 2.12 bits per heavy atom. The average Bonchev–Trinajstić information content (AvgIpc) is 3.03. The molecule has 1 unspecified atom stereocenters. The van der Waals surface area contributed by atoms with Gasteiger partial charge in [-0.05, 0) is 5.56 Å². The maximum absolute atomic E-state index is 11.9. The Morgan fingerprint density at radius 1 is 1.36 bits per heavy atom. The number of anilines is 1. The highest BCUT2D eigenvalue weighted by atomic mass is 16.7. The molecule has 4 N–H and O–H groups in total. The summed E-state index contributed by atoms with van der Waals surface area (Å²) in [6.07, 6.45) is 0.635. The third-order valence-corrected chi connectivity index (χ3v) is 3.80. The van der Waals surface area contributed by atoms with Gasteiger partial charge in [-0.25, -0.2) is 4.98 Å². The molecule has 9 heteroatoms.